The Kier molecular flexibility index (Phi) is 20.9. The van der Waals surface area contributed by atoms with Crippen molar-refractivity contribution in [3.63, 3.8) is 0 Å². The molecule has 4 saturated carbocycles. The molecule has 0 N–H and O–H groups in total. The molecule has 10 nitrogen and oxygen atoms in total. The van der Waals surface area contributed by atoms with Crippen molar-refractivity contribution in [1.29, 1.82) is 0 Å². The molecule has 2 aromatic carbocycles. The van der Waals surface area contributed by atoms with Crippen LogP contribution in [-0.4, -0.2) is 49.7 Å². The van der Waals surface area contributed by atoms with Gasteiger partial charge in [0.2, 0.25) is 0 Å². The summed E-state index contributed by atoms with van der Waals surface area (Å²) in [6.07, 6.45) is 21.8. The predicted molar refractivity (Wildman–Crippen MR) is 306 cm³/mol. The van der Waals surface area contributed by atoms with Crippen molar-refractivity contribution < 1.29 is 47.7 Å². The molecule has 6 aliphatic rings. The van der Waals surface area contributed by atoms with Gasteiger partial charge >= 0.3 is 29.8 Å². The Balaban J connectivity index is 0.000000420. The van der Waals surface area contributed by atoms with Gasteiger partial charge < -0.3 is 23.7 Å². The van der Waals surface area contributed by atoms with Gasteiger partial charge in [0.15, 0.2) is 0 Å². The molecule has 0 radical (unpaired) electrons. The average Bonchev–Trinajstić information content (AvgIpc) is 3.42. The lowest BCUT2D eigenvalue weighted by Gasteiger charge is -2.70. The fraction of sp³-hybridized carbons (Fsp3) is 0.627. The van der Waals surface area contributed by atoms with E-state index in [1.54, 1.807) is 33.3 Å². The van der Waals surface area contributed by atoms with Crippen LogP contribution in [0.15, 0.2) is 109 Å². The summed E-state index contributed by atoms with van der Waals surface area (Å²) in [5.74, 6) is 0.130. The van der Waals surface area contributed by atoms with E-state index in [1.807, 2.05) is 60.7 Å². The van der Waals surface area contributed by atoms with E-state index in [2.05, 4.69) is 83.7 Å². The standard InChI is InChI=1S/C49H68O6.C15H20O4.C2H4.CH4/c1-33-36-21-24-48(8)40(46(36,6)23-22-39(33)55-42(51)45(4,5)30-41(50)53-31-34-15-11-9-12-16-34)20-19-37-38-29-44(2,3)25-27-49(38,28-26-47(37,48)7)43(52)54-32-35-17-13-10-14-18-35;1-15(2,14(17)18-3)10-9-13(16)19-11-12-7-5-4-6-8-12;1-2;/h9,11-13,15-19,33,36,38-40H,10,14,20-32H2,1-8H3;4-8H,9-11H2,1-3H3;1-2H2;1H4/t33?,36?,38-,39-,40?,46-,47+,48+,49-;;;/m0.../s1. The number of hydrogen-bond acceptors (Lipinski definition) is 10. The first kappa shape index (κ1) is 62.6. The zero-order valence-electron chi connectivity index (χ0n) is 48.2. The number of methoxy groups -OCH3 is 1. The normalized spacial score (nSPS) is 29.7. The van der Waals surface area contributed by atoms with Crippen molar-refractivity contribution in [3.05, 3.63) is 120 Å². The minimum absolute atomic E-state index is 0. The minimum Gasteiger partial charge on any atom is -0.469 e. The Bertz CT molecular complexity index is 2450. The second-order valence-corrected chi connectivity index (χ2v) is 25.8. The summed E-state index contributed by atoms with van der Waals surface area (Å²) in [6, 6.07) is 19.1. The molecule has 424 valence electrons. The molecule has 9 atom stereocenters. The summed E-state index contributed by atoms with van der Waals surface area (Å²) in [5, 5.41) is 0. The number of carbonyl (C=O) groups is 5. The highest BCUT2D eigenvalue weighted by Gasteiger charge is 2.68. The van der Waals surface area contributed by atoms with Crippen LogP contribution in [0.2, 0.25) is 0 Å². The molecule has 6 aliphatic carbocycles. The monoisotopic (exact) mass is 1060 g/mol. The topological polar surface area (TPSA) is 132 Å². The second kappa shape index (κ2) is 25.7. The molecule has 0 spiro atoms. The second-order valence-electron chi connectivity index (χ2n) is 25.8. The van der Waals surface area contributed by atoms with Crippen molar-refractivity contribution in [2.75, 3.05) is 13.7 Å². The molecule has 0 heterocycles. The number of allylic oxidation sites excluding steroid dienone is 4. The van der Waals surface area contributed by atoms with E-state index in [4.69, 9.17) is 18.9 Å². The highest BCUT2D eigenvalue weighted by atomic mass is 16.6. The third-order valence-corrected chi connectivity index (χ3v) is 19.6. The van der Waals surface area contributed by atoms with Crippen LogP contribution < -0.4 is 0 Å². The van der Waals surface area contributed by atoms with Gasteiger partial charge in [-0.05, 0) is 173 Å². The van der Waals surface area contributed by atoms with Crippen LogP contribution in [0.5, 0.6) is 0 Å². The van der Waals surface area contributed by atoms with Crippen LogP contribution in [0, 0.1) is 61.6 Å². The third kappa shape index (κ3) is 13.8. The van der Waals surface area contributed by atoms with Gasteiger partial charge in [-0.2, -0.15) is 0 Å². The first-order valence-corrected chi connectivity index (χ1v) is 28.3. The molecule has 0 saturated heterocycles. The number of carbonyl (C=O) groups excluding carboxylic acids is 5. The maximum Gasteiger partial charge on any atom is 0.313 e. The van der Waals surface area contributed by atoms with Crippen LogP contribution >= 0.6 is 0 Å². The van der Waals surface area contributed by atoms with E-state index >= 15 is 0 Å². The quantitative estimate of drug-likeness (QED) is 0.0965. The number of benzene rings is 2. The largest absolute Gasteiger partial charge is 0.469 e. The van der Waals surface area contributed by atoms with Crippen molar-refractivity contribution in [2.45, 2.75) is 192 Å². The summed E-state index contributed by atoms with van der Waals surface area (Å²) in [7, 11) is 1.35. The van der Waals surface area contributed by atoms with Crippen molar-refractivity contribution in [2.24, 2.45) is 61.6 Å². The lowest BCUT2D eigenvalue weighted by Crippen LogP contribution is -2.64. The molecule has 0 bridgehead atoms. The molecular weight excluding hydrogens is 965 g/mol. The van der Waals surface area contributed by atoms with Gasteiger partial charge in [0, 0.05) is 6.42 Å². The van der Waals surface area contributed by atoms with E-state index in [9.17, 15) is 24.0 Å². The first-order valence-electron chi connectivity index (χ1n) is 28.3. The fourth-order valence-electron chi connectivity index (χ4n) is 14.6. The molecule has 8 rings (SSSR count). The number of hydrogen-bond donors (Lipinski definition) is 0. The number of fused-ring (bicyclic) bond motifs is 7. The van der Waals surface area contributed by atoms with Gasteiger partial charge in [-0.3, -0.25) is 24.0 Å². The zero-order chi connectivity index (χ0) is 55.7. The van der Waals surface area contributed by atoms with Crippen molar-refractivity contribution in [3.8, 4) is 0 Å². The Labute approximate surface area is 463 Å². The van der Waals surface area contributed by atoms with Gasteiger partial charge in [-0.1, -0.05) is 140 Å². The summed E-state index contributed by atoms with van der Waals surface area (Å²) in [4.78, 5) is 63.9. The van der Waals surface area contributed by atoms with E-state index in [-0.39, 0.29) is 103 Å². The number of rotatable bonds is 15. The van der Waals surface area contributed by atoms with Crippen LogP contribution in [0.4, 0.5) is 0 Å². The van der Waals surface area contributed by atoms with E-state index < -0.39 is 16.2 Å². The Hall–Kier alpha value is -5.25. The zero-order valence-corrected chi connectivity index (χ0v) is 48.2. The van der Waals surface area contributed by atoms with Gasteiger partial charge in [0.05, 0.1) is 29.8 Å². The minimum atomic E-state index is -0.973. The number of esters is 5. The molecule has 0 aliphatic heterocycles. The fourth-order valence-corrected chi connectivity index (χ4v) is 14.6. The average molecular weight is 1060 g/mol. The van der Waals surface area contributed by atoms with E-state index in [1.165, 1.54) is 7.11 Å². The van der Waals surface area contributed by atoms with Gasteiger partial charge in [0.1, 0.15) is 25.9 Å². The molecule has 77 heavy (non-hydrogen) atoms. The number of ether oxygens (including phenoxy) is 5. The summed E-state index contributed by atoms with van der Waals surface area (Å²) < 4.78 is 28.0. The van der Waals surface area contributed by atoms with Crippen LogP contribution in [-0.2, 0) is 60.9 Å². The van der Waals surface area contributed by atoms with Gasteiger partial charge in [-0.25, -0.2) is 0 Å². The lowest BCUT2D eigenvalue weighted by molar-refractivity contribution is -0.198. The molecule has 4 fully saturated rings. The molecular formula is C67H96O10. The third-order valence-electron chi connectivity index (χ3n) is 19.6. The van der Waals surface area contributed by atoms with Crippen LogP contribution in [0.1, 0.15) is 184 Å². The Morgan fingerprint density at radius 1 is 0.688 bits per heavy atom. The van der Waals surface area contributed by atoms with Crippen molar-refractivity contribution in [1.82, 2.24) is 0 Å². The van der Waals surface area contributed by atoms with E-state index in [0.29, 0.717) is 24.9 Å². The molecule has 10 heteroatoms. The maximum atomic E-state index is 14.4. The molecule has 2 aromatic rings. The SMILES string of the molecule is C.C=C.CC1C2CC[C@]3(C)C(CC=C4[C@@H]5CC(C)(C)CC[C@]5(C(=O)OCC5=CCCC=C5)CC[C@]43C)[C@@]2(C)CC[C@@H]1OC(=O)C(C)(C)CC(=O)OCc1ccccc1.COC(=O)C(C)(C)CCC(=O)OCc1ccccc1. The summed E-state index contributed by atoms with van der Waals surface area (Å²) in [6.45, 7) is 28.8. The lowest BCUT2D eigenvalue weighted by atomic mass is 9.34. The van der Waals surface area contributed by atoms with Crippen LogP contribution in [0.3, 0.4) is 0 Å². The van der Waals surface area contributed by atoms with Gasteiger partial charge in [-0.15, -0.1) is 13.2 Å². The Morgan fingerprint density at radius 3 is 1.90 bits per heavy atom. The highest BCUT2D eigenvalue weighted by Crippen LogP contribution is 2.75. The molecule has 0 amide bonds. The smallest absolute Gasteiger partial charge is 0.313 e. The van der Waals surface area contributed by atoms with E-state index in [0.717, 1.165) is 93.7 Å². The maximum absolute atomic E-state index is 14.4. The molecule has 0 aromatic heterocycles. The van der Waals surface area contributed by atoms with Gasteiger partial charge in [0.25, 0.3) is 0 Å². The Morgan fingerprint density at radius 2 is 1.30 bits per heavy atom. The van der Waals surface area contributed by atoms with Crippen LogP contribution in [0.25, 0.3) is 0 Å². The highest BCUT2D eigenvalue weighted by molar-refractivity contribution is 5.83. The summed E-state index contributed by atoms with van der Waals surface area (Å²) >= 11 is 0. The molecule has 3 unspecified atom stereocenters. The van der Waals surface area contributed by atoms with Crippen molar-refractivity contribution >= 4 is 29.8 Å². The first-order chi connectivity index (χ1) is 35.9. The summed E-state index contributed by atoms with van der Waals surface area (Å²) in [5.41, 5.74) is 2.92. The predicted octanol–water partition coefficient (Wildman–Crippen LogP) is 15.4.